The Bertz CT molecular complexity index is 322. The molecule has 4 heteroatoms. The van der Waals surface area contributed by atoms with Crippen LogP contribution in [0.1, 0.15) is 25.7 Å². The lowest BCUT2D eigenvalue weighted by atomic mass is 9.73. The molecule has 4 heterocycles. The van der Waals surface area contributed by atoms with Gasteiger partial charge in [-0.1, -0.05) is 0 Å². The van der Waals surface area contributed by atoms with E-state index >= 15 is 0 Å². The molecule has 4 saturated heterocycles. The number of hydrogen-bond donors (Lipinski definition) is 0. The summed E-state index contributed by atoms with van der Waals surface area (Å²) in [7, 11) is 0. The lowest BCUT2D eigenvalue weighted by Gasteiger charge is -2.68. The van der Waals surface area contributed by atoms with Crippen LogP contribution in [0.25, 0.3) is 0 Å². The van der Waals surface area contributed by atoms with E-state index in [2.05, 4.69) is 19.6 Å². The van der Waals surface area contributed by atoms with Crippen molar-refractivity contribution in [1.82, 2.24) is 19.6 Å². The largest absolute Gasteiger partial charge is 0.280 e. The molecule has 5 fully saturated rings. The van der Waals surface area contributed by atoms with Gasteiger partial charge >= 0.3 is 0 Å². The van der Waals surface area contributed by atoms with E-state index in [0.29, 0.717) is 11.3 Å². The van der Waals surface area contributed by atoms with E-state index < -0.39 is 0 Å². The first-order valence-electron chi connectivity index (χ1n) is 7.88. The van der Waals surface area contributed by atoms with Crippen LogP contribution in [0.2, 0.25) is 0 Å². The third-order valence-electron chi connectivity index (χ3n) is 6.59. The van der Waals surface area contributed by atoms with Crippen molar-refractivity contribution in [3.8, 4) is 0 Å². The summed E-state index contributed by atoms with van der Waals surface area (Å²) in [5.74, 6) is 0. The zero-order valence-electron chi connectivity index (χ0n) is 11.3. The molecule has 1 saturated carbocycles. The topological polar surface area (TPSA) is 13.0 Å². The Morgan fingerprint density at radius 3 is 1.00 bits per heavy atom. The highest BCUT2D eigenvalue weighted by Crippen LogP contribution is 2.56. The van der Waals surface area contributed by atoms with E-state index in [1.54, 1.807) is 0 Å². The van der Waals surface area contributed by atoms with Gasteiger partial charge in [-0.05, 0) is 25.7 Å². The molecule has 100 valence electrons. The molecule has 0 atom stereocenters. The minimum absolute atomic E-state index is 0.401. The summed E-state index contributed by atoms with van der Waals surface area (Å²) in [5, 5.41) is 0. The summed E-state index contributed by atoms with van der Waals surface area (Å²) in [4.78, 5) is 11.4. The summed E-state index contributed by atoms with van der Waals surface area (Å²) >= 11 is 0. The van der Waals surface area contributed by atoms with Crippen LogP contribution in [-0.4, -0.2) is 83.3 Å². The van der Waals surface area contributed by atoms with Crippen molar-refractivity contribution in [3.63, 3.8) is 0 Å². The number of rotatable bonds is 0. The fourth-order valence-corrected chi connectivity index (χ4v) is 6.08. The highest BCUT2D eigenvalue weighted by molar-refractivity contribution is 5.22. The molecule has 0 aromatic rings. The van der Waals surface area contributed by atoms with Crippen molar-refractivity contribution < 1.29 is 0 Å². The summed E-state index contributed by atoms with van der Waals surface area (Å²) in [6.45, 7) is 10.5. The van der Waals surface area contributed by atoms with Crippen LogP contribution < -0.4 is 0 Å². The van der Waals surface area contributed by atoms with E-state index in [1.165, 1.54) is 78.0 Å². The van der Waals surface area contributed by atoms with Crippen LogP contribution in [-0.2, 0) is 0 Å². The Morgan fingerprint density at radius 2 is 0.722 bits per heavy atom. The second-order valence-electron chi connectivity index (χ2n) is 6.79. The first-order valence-corrected chi connectivity index (χ1v) is 7.88. The fourth-order valence-electron chi connectivity index (χ4n) is 6.08. The molecule has 0 aromatic heterocycles. The summed E-state index contributed by atoms with van der Waals surface area (Å²) in [6.07, 6.45) is 5.72. The predicted molar refractivity (Wildman–Crippen MR) is 70.2 cm³/mol. The van der Waals surface area contributed by atoms with E-state index in [-0.39, 0.29) is 0 Å². The van der Waals surface area contributed by atoms with Gasteiger partial charge in [-0.15, -0.1) is 0 Å². The monoisotopic (exact) mass is 248 g/mol. The van der Waals surface area contributed by atoms with Gasteiger partial charge in [0, 0.05) is 52.4 Å². The zero-order valence-corrected chi connectivity index (χ0v) is 11.3. The molecule has 5 aliphatic rings. The fraction of sp³-hybridized carbons (Fsp3) is 1.00. The van der Waals surface area contributed by atoms with Crippen LogP contribution in [0.5, 0.6) is 0 Å². The molecule has 5 rings (SSSR count). The van der Waals surface area contributed by atoms with Gasteiger partial charge in [0.15, 0.2) is 0 Å². The minimum Gasteiger partial charge on any atom is -0.280 e. The van der Waals surface area contributed by atoms with Gasteiger partial charge < -0.3 is 0 Å². The standard InChI is InChI=1S/C14H24N4/c1-2-4-14-13(3-1)15-5-6-16(13)10-12-18(14)8-7-17(14)11-9-15/h1-12H2. The first-order chi connectivity index (χ1) is 8.88. The van der Waals surface area contributed by atoms with Gasteiger partial charge in [-0.3, -0.25) is 19.6 Å². The van der Waals surface area contributed by atoms with E-state index in [0.717, 1.165) is 0 Å². The average molecular weight is 248 g/mol. The maximum absolute atomic E-state index is 2.86. The third kappa shape index (κ3) is 0.912. The highest BCUT2D eigenvalue weighted by Gasteiger charge is 2.71. The van der Waals surface area contributed by atoms with Crippen molar-refractivity contribution in [3.05, 3.63) is 0 Å². The Morgan fingerprint density at radius 1 is 0.444 bits per heavy atom. The second kappa shape index (κ2) is 3.29. The lowest BCUT2D eigenvalue weighted by molar-refractivity contribution is -0.237. The van der Waals surface area contributed by atoms with Gasteiger partial charge in [0.25, 0.3) is 0 Å². The van der Waals surface area contributed by atoms with E-state index in [9.17, 15) is 0 Å². The summed E-state index contributed by atoms with van der Waals surface area (Å²) in [6, 6.07) is 0. The van der Waals surface area contributed by atoms with E-state index in [4.69, 9.17) is 0 Å². The SMILES string of the molecule is C1CCC23N4CCN2CCN2CCN(CC4)C23C1. The number of piperazine rings is 2. The van der Waals surface area contributed by atoms with Crippen molar-refractivity contribution >= 4 is 0 Å². The van der Waals surface area contributed by atoms with E-state index in [1.807, 2.05) is 0 Å². The maximum atomic E-state index is 2.86. The van der Waals surface area contributed by atoms with Crippen LogP contribution in [0.3, 0.4) is 0 Å². The quantitative estimate of drug-likeness (QED) is 0.608. The molecule has 0 N–H and O–H groups in total. The van der Waals surface area contributed by atoms with Crippen molar-refractivity contribution in [1.29, 1.82) is 0 Å². The Hall–Kier alpha value is -0.160. The zero-order chi connectivity index (χ0) is 11.8. The van der Waals surface area contributed by atoms with Gasteiger partial charge in [-0.2, -0.15) is 0 Å². The molecule has 18 heavy (non-hydrogen) atoms. The predicted octanol–water partition coefficient (Wildman–Crippen LogP) is 0.215. The molecular weight excluding hydrogens is 224 g/mol. The molecule has 0 bridgehead atoms. The Labute approximate surface area is 109 Å². The molecule has 4 nitrogen and oxygen atoms in total. The van der Waals surface area contributed by atoms with Crippen molar-refractivity contribution in [2.45, 2.75) is 37.0 Å². The molecule has 0 amide bonds. The Balaban J connectivity index is 1.73. The normalized spacial score (nSPS) is 49.3. The second-order valence-corrected chi connectivity index (χ2v) is 6.79. The molecule has 0 aromatic carbocycles. The molecule has 0 radical (unpaired) electrons. The third-order valence-corrected chi connectivity index (χ3v) is 6.59. The summed E-state index contributed by atoms with van der Waals surface area (Å²) < 4.78 is 0. The van der Waals surface area contributed by atoms with Crippen LogP contribution in [0, 0.1) is 0 Å². The van der Waals surface area contributed by atoms with Crippen LogP contribution >= 0.6 is 0 Å². The number of nitrogens with zero attached hydrogens (tertiary/aromatic N) is 4. The average Bonchev–Trinajstić information content (AvgIpc) is 2.92. The van der Waals surface area contributed by atoms with Crippen LogP contribution in [0.15, 0.2) is 0 Å². The first kappa shape index (κ1) is 10.6. The molecule has 2 spiro atoms. The van der Waals surface area contributed by atoms with Gasteiger partial charge in [0.2, 0.25) is 0 Å². The minimum atomic E-state index is 0.401. The highest BCUT2D eigenvalue weighted by atomic mass is 15.6. The van der Waals surface area contributed by atoms with Gasteiger partial charge in [0.1, 0.15) is 11.3 Å². The lowest BCUT2D eigenvalue weighted by Crippen LogP contribution is -2.83. The Kier molecular flexibility index (Phi) is 1.94. The molecule has 4 aliphatic heterocycles. The van der Waals surface area contributed by atoms with Crippen molar-refractivity contribution in [2.24, 2.45) is 0 Å². The van der Waals surface area contributed by atoms with Crippen LogP contribution in [0.4, 0.5) is 0 Å². The maximum Gasteiger partial charge on any atom is 0.107 e. The molecule has 1 aliphatic carbocycles. The van der Waals surface area contributed by atoms with Gasteiger partial charge in [0.05, 0.1) is 0 Å². The smallest absolute Gasteiger partial charge is 0.107 e. The van der Waals surface area contributed by atoms with Crippen molar-refractivity contribution in [2.75, 3.05) is 52.4 Å². The molecular formula is C14H24N4. The summed E-state index contributed by atoms with van der Waals surface area (Å²) in [5.41, 5.74) is 0.802. The van der Waals surface area contributed by atoms with Gasteiger partial charge in [-0.25, -0.2) is 0 Å². The number of hydrogen-bond acceptors (Lipinski definition) is 4. The molecule has 0 unspecified atom stereocenters.